The van der Waals surface area contributed by atoms with Crippen molar-refractivity contribution in [1.29, 1.82) is 0 Å². The van der Waals surface area contributed by atoms with E-state index in [1.54, 1.807) is 0 Å². The molecule has 92 valence electrons. The number of nitrogens with zero attached hydrogens (tertiary/aromatic N) is 1. The molecule has 16 heavy (non-hydrogen) atoms. The van der Waals surface area contributed by atoms with Gasteiger partial charge in [0.05, 0.1) is 0 Å². The molecule has 0 heterocycles. The van der Waals surface area contributed by atoms with Gasteiger partial charge in [0.2, 0.25) is 0 Å². The van der Waals surface area contributed by atoms with Gasteiger partial charge in [0.25, 0.3) is 0 Å². The van der Waals surface area contributed by atoms with Crippen LogP contribution in [0.4, 0.5) is 0 Å². The normalized spacial score (nSPS) is 42.9. The molecule has 0 amide bonds. The van der Waals surface area contributed by atoms with Crippen molar-refractivity contribution in [2.24, 2.45) is 23.5 Å². The Morgan fingerprint density at radius 2 is 2.06 bits per heavy atom. The van der Waals surface area contributed by atoms with E-state index in [0.29, 0.717) is 5.54 Å². The summed E-state index contributed by atoms with van der Waals surface area (Å²) in [5.41, 5.74) is 6.54. The predicted molar refractivity (Wildman–Crippen MR) is 67.2 cm³/mol. The van der Waals surface area contributed by atoms with Crippen molar-refractivity contribution in [2.75, 3.05) is 20.1 Å². The summed E-state index contributed by atoms with van der Waals surface area (Å²) in [4.78, 5) is 2.65. The van der Waals surface area contributed by atoms with Gasteiger partial charge in [0.1, 0.15) is 0 Å². The summed E-state index contributed by atoms with van der Waals surface area (Å²) in [6, 6.07) is 0. The number of nitrogens with two attached hydrogens (primary N) is 1. The molecule has 3 saturated carbocycles. The van der Waals surface area contributed by atoms with E-state index in [1.165, 1.54) is 51.5 Å². The summed E-state index contributed by atoms with van der Waals surface area (Å²) in [6.07, 6.45) is 10.1. The number of likely N-dealkylation sites (N-methyl/N-ethyl adjacent to an activating group) is 1. The Balaban J connectivity index is 1.69. The molecule has 2 heteroatoms. The van der Waals surface area contributed by atoms with Crippen LogP contribution in [-0.4, -0.2) is 30.6 Å². The van der Waals surface area contributed by atoms with Crippen LogP contribution in [-0.2, 0) is 0 Å². The molecule has 0 radical (unpaired) electrons. The van der Waals surface area contributed by atoms with E-state index in [0.717, 1.165) is 24.3 Å². The lowest BCUT2D eigenvalue weighted by Gasteiger charge is -2.47. The molecule has 3 rings (SSSR count). The molecule has 2 N–H and O–H groups in total. The Morgan fingerprint density at radius 3 is 2.50 bits per heavy atom. The van der Waals surface area contributed by atoms with E-state index in [9.17, 15) is 0 Å². The first-order valence-electron chi connectivity index (χ1n) is 7.16. The van der Waals surface area contributed by atoms with Gasteiger partial charge in [0, 0.05) is 18.6 Å². The van der Waals surface area contributed by atoms with Crippen LogP contribution >= 0.6 is 0 Å². The van der Waals surface area contributed by atoms with Crippen molar-refractivity contribution < 1.29 is 0 Å². The first kappa shape index (κ1) is 11.0. The van der Waals surface area contributed by atoms with Gasteiger partial charge in [-0.15, -0.1) is 0 Å². The van der Waals surface area contributed by atoms with Crippen LogP contribution in [0.3, 0.4) is 0 Å². The highest BCUT2D eigenvalue weighted by Crippen LogP contribution is 2.53. The molecule has 0 aliphatic heterocycles. The summed E-state index contributed by atoms with van der Waals surface area (Å²) in [7, 11) is 2.34. The SMILES string of the molecule is CN(CC1CCC1)C1(CN)CC2CCC1C2. The van der Waals surface area contributed by atoms with Crippen LogP contribution in [0.5, 0.6) is 0 Å². The van der Waals surface area contributed by atoms with Crippen LogP contribution in [0.15, 0.2) is 0 Å². The molecule has 0 aromatic heterocycles. The molecule has 3 fully saturated rings. The molecule has 0 saturated heterocycles. The highest BCUT2D eigenvalue weighted by atomic mass is 15.2. The zero-order valence-corrected chi connectivity index (χ0v) is 10.6. The minimum atomic E-state index is 0.387. The van der Waals surface area contributed by atoms with E-state index >= 15 is 0 Å². The number of hydrogen-bond acceptors (Lipinski definition) is 2. The molecular weight excluding hydrogens is 196 g/mol. The molecule has 3 aliphatic rings. The van der Waals surface area contributed by atoms with E-state index < -0.39 is 0 Å². The van der Waals surface area contributed by atoms with Gasteiger partial charge in [-0.2, -0.15) is 0 Å². The molecule has 2 bridgehead atoms. The lowest BCUT2D eigenvalue weighted by atomic mass is 9.77. The van der Waals surface area contributed by atoms with Crippen LogP contribution in [0, 0.1) is 17.8 Å². The molecule has 3 unspecified atom stereocenters. The van der Waals surface area contributed by atoms with E-state index in [2.05, 4.69) is 11.9 Å². The molecule has 0 spiro atoms. The predicted octanol–water partition coefficient (Wildman–Crippen LogP) is 2.24. The lowest BCUT2D eigenvalue weighted by molar-refractivity contribution is 0.0396. The molecule has 3 aliphatic carbocycles. The third kappa shape index (κ3) is 1.53. The molecule has 3 atom stereocenters. The Kier molecular flexibility index (Phi) is 2.75. The molecular formula is C14H26N2. The first-order valence-corrected chi connectivity index (χ1v) is 7.16. The molecule has 2 nitrogen and oxygen atoms in total. The van der Waals surface area contributed by atoms with Crippen molar-refractivity contribution in [3.8, 4) is 0 Å². The molecule has 0 aromatic rings. The summed E-state index contributed by atoms with van der Waals surface area (Å²) >= 11 is 0. The summed E-state index contributed by atoms with van der Waals surface area (Å²) in [5, 5.41) is 0. The number of hydrogen-bond donors (Lipinski definition) is 1. The van der Waals surface area contributed by atoms with Crippen LogP contribution in [0.2, 0.25) is 0 Å². The fourth-order valence-electron chi connectivity index (χ4n) is 4.53. The van der Waals surface area contributed by atoms with Crippen molar-refractivity contribution in [3.05, 3.63) is 0 Å². The van der Waals surface area contributed by atoms with Crippen molar-refractivity contribution in [2.45, 2.75) is 50.5 Å². The number of rotatable bonds is 4. The number of fused-ring (bicyclic) bond motifs is 2. The highest BCUT2D eigenvalue weighted by Gasteiger charge is 2.52. The zero-order valence-electron chi connectivity index (χ0n) is 10.6. The Hall–Kier alpha value is -0.0800. The second-order valence-electron chi connectivity index (χ2n) is 6.57. The third-order valence-corrected chi connectivity index (χ3v) is 5.81. The maximum absolute atomic E-state index is 6.15. The van der Waals surface area contributed by atoms with Gasteiger partial charge in [-0.1, -0.05) is 12.8 Å². The minimum absolute atomic E-state index is 0.387. The van der Waals surface area contributed by atoms with Gasteiger partial charge in [-0.05, 0) is 56.9 Å². The highest BCUT2D eigenvalue weighted by molar-refractivity contribution is 5.07. The smallest absolute Gasteiger partial charge is 0.0359 e. The second-order valence-corrected chi connectivity index (χ2v) is 6.57. The summed E-state index contributed by atoms with van der Waals surface area (Å²) in [6.45, 7) is 2.19. The maximum atomic E-state index is 6.15. The average molecular weight is 222 g/mol. The van der Waals surface area contributed by atoms with Crippen LogP contribution in [0.25, 0.3) is 0 Å². The van der Waals surface area contributed by atoms with E-state index in [1.807, 2.05) is 0 Å². The lowest BCUT2D eigenvalue weighted by Crippen LogP contribution is -2.57. The van der Waals surface area contributed by atoms with Gasteiger partial charge in [0.15, 0.2) is 0 Å². The van der Waals surface area contributed by atoms with Gasteiger partial charge < -0.3 is 5.73 Å². The largest absolute Gasteiger partial charge is 0.329 e. The minimum Gasteiger partial charge on any atom is -0.329 e. The van der Waals surface area contributed by atoms with Crippen LogP contribution in [0.1, 0.15) is 44.9 Å². The van der Waals surface area contributed by atoms with Crippen LogP contribution < -0.4 is 5.73 Å². The van der Waals surface area contributed by atoms with Gasteiger partial charge >= 0.3 is 0 Å². The monoisotopic (exact) mass is 222 g/mol. The average Bonchev–Trinajstić information content (AvgIpc) is 2.82. The topological polar surface area (TPSA) is 29.3 Å². The van der Waals surface area contributed by atoms with E-state index in [4.69, 9.17) is 5.73 Å². The Morgan fingerprint density at radius 1 is 1.25 bits per heavy atom. The Bertz CT molecular complexity index is 261. The van der Waals surface area contributed by atoms with Crippen molar-refractivity contribution >= 4 is 0 Å². The standard InChI is InChI=1S/C14H26N2/c1-16(9-11-3-2-4-11)14(10-15)8-12-5-6-13(14)7-12/h11-13H,2-10,15H2,1H3. The first-order chi connectivity index (χ1) is 7.74. The summed E-state index contributed by atoms with van der Waals surface area (Å²) in [5.74, 6) is 2.89. The zero-order chi connectivity index (χ0) is 11.2. The second kappa shape index (κ2) is 3.99. The quantitative estimate of drug-likeness (QED) is 0.790. The van der Waals surface area contributed by atoms with Crippen molar-refractivity contribution in [1.82, 2.24) is 4.90 Å². The van der Waals surface area contributed by atoms with Crippen molar-refractivity contribution in [3.63, 3.8) is 0 Å². The molecule has 0 aromatic carbocycles. The summed E-state index contributed by atoms with van der Waals surface area (Å²) < 4.78 is 0. The Labute approximate surface area is 99.6 Å². The maximum Gasteiger partial charge on any atom is 0.0359 e. The third-order valence-electron chi connectivity index (χ3n) is 5.81. The fraction of sp³-hybridized carbons (Fsp3) is 1.00. The van der Waals surface area contributed by atoms with E-state index in [-0.39, 0.29) is 0 Å². The van der Waals surface area contributed by atoms with Gasteiger partial charge in [-0.3, -0.25) is 4.90 Å². The fourth-order valence-corrected chi connectivity index (χ4v) is 4.53. The van der Waals surface area contributed by atoms with Gasteiger partial charge in [-0.25, -0.2) is 0 Å².